The molecule has 164 valence electrons. The highest BCUT2D eigenvalue weighted by Gasteiger charge is 2.28. The van der Waals surface area contributed by atoms with Crippen LogP contribution in [0.1, 0.15) is 23.2 Å². The molecule has 1 N–H and O–H groups in total. The van der Waals surface area contributed by atoms with E-state index in [9.17, 15) is 9.59 Å². The molecular formula is C25H27N5O2. The molecule has 1 saturated carbocycles. The van der Waals surface area contributed by atoms with Crippen molar-refractivity contribution >= 4 is 11.8 Å². The summed E-state index contributed by atoms with van der Waals surface area (Å²) in [5.41, 5.74) is 3.11. The minimum Gasteiger partial charge on any atom is -0.352 e. The number of nitrogens with one attached hydrogen (secondary N) is 1. The van der Waals surface area contributed by atoms with Gasteiger partial charge in [0.1, 0.15) is 5.69 Å². The lowest BCUT2D eigenvalue weighted by Crippen LogP contribution is -2.51. The van der Waals surface area contributed by atoms with E-state index in [0.29, 0.717) is 50.0 Å². The van der Waals surface area contributed by atoms with Crippen molar-refractivity contribution in [1.29, 1.82) is 0 Å². The Kier molecular flexibility index (Phi) is 5.73. The molecule has 0 unspecified atom stereocenters. The Morgan fingerprint density at radius 2 is 1.56 bits per heavy atom. The summed E-state index contributed by atoms with van der Waals surface area (Å²) >= 11 is 0. The second-order valence-electron chi connectivity index (χ2n) is 8.45. The van der Waals surface area contributed by atoms with Crippen molar-refractivity contribution in [1.82, 2.24) is 24.9 Å². The van der Waals surface area contributed by atoms with E-state index in [1.807, 2.05) is 71.8 Å². The van der Waals surface area contributed by atoms with Crippen LogP contribution >= 0.6 is 0 Å². The smallest absolute Gasteiger partial charge is 0.257 e. The number of hydrogen-bond acceptors (Lipinski definition) is 4. The van der Waals surface area contributed by atoms with Crippen LogP contribution in [0.5, 0.6) is 0 Å². The maximum atomic E-state index is 13.5. The average molecular weight is 430 g/mol. The standard InChI is InChI=1S/C25H27N5O2/c31-23(26-20-11-12-20)18-28-13-15-29(16-14-28)25(32)22-17-30(21-9-5-2-6-10-21)27-24(22)19-7-3-1-4-8-19/h1-10,17,20H,11-16,18H2,(H,26,31). The molecule has 0 atom stereocenters. The van der Waals surface area contributed by atoms with Crippen molar-refractivity contribution in [2.75, 3.05) is 32.7 Å². The van der Waals surface area contributed by atoms with Gasteiger partial charge in [0, 0.05) is 44.0 Å². The van der Waals surface area contributed by atoms with Gasteiger partial charge in [-0.2, -0.15) is 5.10 Å². The SMILES string of the molecule is O=C(CN1CCN(C(=O)c2cn(-c3ccccc3)nc2-c2ccccc2)CC1)NC1CC1. The number of carbonyl (C=O) groups is 2. The Hall–Kier alpha value is -3.45. The zero-order chi connectivity index (χ0) is 21.9. The van der Waals surface area contributed by atoms with Gasteiger partial charge in [-0.25, -0.2) is 4.68 Å². The lowest BCUT2D eigenvalue weighted by Gasteiger charge is -2.34. The number of hydrogen-bond donors (Lipinski definition) is 1. The molecule has 2 aliphatic rings. The Morgan fingerprint density at radius 3 is 2.22 bits per heavy atom. The Balaban J connectivity index is 1.33. The molecular weight excluding hydrogens is 402 g/mol. The Morgan fingerprint density at radius 1 is 0.906 bits per heavy atom. The van der Waals surface area contributed by atoms with Gasteiger partial charge in [0.25, 0.3) is 5.91 Å². The van der Waals surface area contributed by atoms with Gasteiger partial charge in [0.15, 0.2) is 0 Å². The van der Waals surface area contributed by atoms with Crippen LogP contribution in [0.15, 0.2) is 66.9 Å². The van der Waals surface area contributed by atoms with Crippen LogP contribution in [0.3, 0.4) is 0 Å². The summed E-state index contributed by atoms with van der Waals surface area (Å²) < 4.78 is 1.77. The number of para-hydroxylation sites is 1. The number of amides is 2. The van der Waals surface area contributed by atoms with Crippen molar-refractivity contribution in [3.8, 4) is 16.9 Å². The van der Waals surface area contributed by atoms with Crippen molar-refractivity contribution in [3.05, 3.63) is 72.4 Å². The first-order chi connectivity index (χ1) is 15.7. The maximum absolute atomic E-state index is 13.5. The minimum absolute atomic E-state index is 0.0203. The van der Waals surface area contributed by atoms with Crippen LogP contribution in [0, 0.1) is 0 Å². The predicted octanol–water partition coefficient (Wildman–Crippen LogP) is 2.58. The molecule has 2 heterocycles. The second-order valence-corrected chi connectivity index (χ2v) is 8.45. The highest BCUT2D eigenvalue weighted by atomic mass is 16.2. The topological polar surface area (TPSA) is 70.5 Å². The molecule has 5 rings (SSSR count). The van der Waals surface area contributed by atoms with Crippen LogP contribution in [-0.2, 0) is 4.79 Å². The highest BCUT2D eigenvalue weighted by Crippen LogP contribution is 2.25. The molecule has 1 aromatic heterocycles. The van der Waals surface area contributed by atoms with E-state index in [1.54, 1.807) is 4.68 Å². The number of nitrogens with zero attached hydrogens (tertiary/aromatic N) is 4. The number of benzene rings is 2. The summed E-state index contributed by atoms with van der Waals surface area (Å²) in [4.78, 5) is 29.6. The number of aromatic nitrogens is 2. The third-order valence-corrected chi connectivity index (χ3v) is 5.98. The fourth-order valence-electron chi connectivity index (χ4n) is 4.04. The first kappa shape index (κ1) is 20.5. The molecule has 2 aromatic carbocycles. The largest absolute Gasteiger partial charge is 0.352 e. The lowest BCUT2D eigenvalue weighted by atomic mass is 10.1. The van der Waals surface area contributed by atoms with Crippen LogP contribution in [-0.4, -0.2) is 70.2 Å². The van der Waals surface area contributed by atoms with Crippen molar-refractivity contribution < 1.29 is 9.59 Å². The molecule has 7 heteroatoms. The van der Waals surface area contributed by atoms with Gasteiger partial charge in [-0.3, -0.25) is 14.5 Å². The summed E-state index contributed by atoms with van der Waals surface area (Å²) in [6.45, 7) is 2.98. The van der Waals surface area contributed by atoms with E-state index >= 15 is 0 Å². The van der Waals surface area contributed by atoms with Crippen LogP contribution in [0.4, 0.5) is 0 Å². The van der Waals surface area contributed by atoms with E-state index in [1.165, 1.54) is 0 Å². The van der Waals surface area contributed by atoms with E-state index in [2.05, 4.69) is 10.2 Å². The monoisotopic (exact) mass is 429 g/mol. The summed E-state index contributed by atoms with van der Waals surface area (Å²) in [5, 5.41) is 7.79. The van der Waals surface area contributed by atoms with E-state index in [0.717, 1.165) is 24.1 Å². The van der Waals surface area contributed by atoms with Crippen LogP contribution < -0.4 is 5.32 Å². The third-order valence-electron chi connectivity index (χ3n) is 5.98. The quantitative estimate of drug-likeness (QED) is 0.654. The van der Waals surface area contributed by atoms with Crippen molar-refractivity contribution in [3.63, 3.8) is 0 Å². The molecule has 7 nitrogen and oxygen atoms in total. The molecule has 0 radical (unpaired) electrons. The fraction of sp³-hybridized carbons (Fsp3) is 0.320. The molecule has 0 spiro atoms. The Labute approximate surface area is 187 Å². The second kappa shape index (κ2) is 8.96. The number of piperazine rings is 1. The number of rotatable bonds is 6. The lowest BCUT2D eigenvalue weighted by molar-refractivity contribution is -0.122. The molecule has 1 aliphatic carbocycles. The summed E-state index contributed by atoms with van der Waals surface area (Å²) in [5.74, 6) is 0.0656. The van der Waals surface area contributed by atoms with E-state index in [-0.39, 0.29) is 11.8 Å². The van der Waals surface area contributed by atoms with Gasteiger partial charge in [-0.15, -0.1) is 0 Å². The average Bonchev–Trinajstić information content (AvgIpc) is 3.53. The first-order valence-electron chi connectivity index (χ1n) is 11.2. The maximum Gasteiger partial charge on any atom is 0.257 e. The molecule has 0 bridgehead atoms. The zero-order valence-corrected chi connectivity index (χ0v) is 18.0. The summed E-state index contributed by atoms with van der Waals surface area (Å²) in [6.07, 6.45) is 4.01. The predicted molar refractivity (Wildman–Crippen MR) is 123 cm³/mol. The van der Waals surface area contributed by atoms with Crippen molar-refractivity contribution in [2.24, 2.45) is 0 Å². The summed E-state index contributed by atoms with van der Waals surface area (Å²) in [7, 11) is 0. The van der Waals surface area contributed by atoms with Crippen LogP contribution in [0.2, 0.25) is 0 Å². The highest BCUT2D eigenvalue weighted by molar-refractivity contribution is 6.00. The van der Waals surface area contributed by atoms with Gasteiger partial charge in [0.05, 0.1) is 17.8 Å². The van der Waals surface area contributed by atoms with Crippen LogP contribution in [0.25, 0.3) is 16.9 Å². The fourth-order valence-corrected chi connectivity index (χ4v) is 4.04. The van der Waals surface area contributed by atoms with E-state index < -0.39 is 0 Å². The van der Waals surface area contributed by atoms with Gasteiger partial charge in [0.2, 0.25) is 5.91 Å². The molecule has 1 aliphatic heterocycles. The third kappa shape index (κ3) is 4.57. The van der Waals surface area contributed by atoms with Gasteiger partial charge < -0.3 is 10.2 Å². The van der Waals surface area contributed by atoms with Crippen molar-refractivity contribution in [2.45, 2.75) is 18.9 Å². The Bertz CT molecular complexity index is 1080. The van der Waals surface area contributed by atoms with Gasteiger partial charge >= 0.3 is 0 Å². The normalized spacial score (nSPS) is 16.7. The molecule has 2 amide bonds. The van der Waals surface area contributed by atoms with Gasteiger partial charge in [-0.1, -0.05) is 48.5 Å². The molecule has 2 fully saturated rings. The summed E-state index contributed by atoms with van der Waals surface area (Å²) in [6, 6.07) is 20.0. The molecule has 32 heavy (non-hydrogen) atoms. The van der Waals surface area contributed by atoms with Gasteiger partial charge in [-0.05, 0) is 25.0 Å². The molecule has 1 saturated heterocycles. The zero-order valence-electron chi connectivity index (χ0n) is 18.0. The van der Waals surface area contributed by atoms with E-state index in [4.69, 9.17) is 5.10 Å². The number of carbonyl (C=O) groups excluding carboxylic acids is 2. The minimum atomic E-state index is -0.0203. The first-order valence-corrected chi connectivity index (χ1v) is 11.2. The molecule has 3 aromatic rings.